The first-order chi connectivity index (χ1) is 19.9. The molecular weight excluding hydrogens is 550 g/mol. The maximum Gasteiger partial charge on any atom is 0.251 e. The van der Waals surface area contributed by atoms with E-state index in [1.807, 2.05) is 44.3 Å². The highest BCUT2D eigenvalue weighted by molar-refractivity contribution is 7.91. The van der Waals surface area contributed by atoms with Gasteiger partial charge in [0, 0.05) is 49.3 Å². The molecule has 2 aromatic heterocycles. The molecule has 0 aliphatic carbocycles. The van der Waals surface area contributed by atoms with Gasteiger partial charge in [0.1, 0.15) is 23.1 Å². The van der Waals surface area contributed by atoms with Crippen LogP contribution in [0, 0.1) is 6.92 Å². The van der Waals surface area contributed by atoms with Crippen LogP contribution in [0.4, 0.5) is 17.2 Å². The summed E-state index contributed by atoms with van der Waals surface area (Å²) in [4.78, 5) is 18.0. The lowest BCUT2D eigenvalue weighted by atomic mass is 9.87. The van der Waals surface area contributed by atoms with Crippen molar-refractivity contribution < 1.29 is 8.42 Å². The molecule has 0 spiro atoms. The second kappa shape index (κ2) is 10.4. The summed E-state index contributed by atoms with van der Waals surface area (Å²) in [6.07, 6.45) is 6.91. The van der Waals surface area contributed by atoms with Crippen LogP contribution < -0.4 is 15.7 Å². The third-order valence-electron chi connectivity index (χ3n) is 7.23. The summed E-state index contributed by atoms with van der Waals surface area (Å²) in [7, 11) is -1.87. The van der Waals surface area contributed by atoms with Gasteiger partial charge in [0.2, 0.25) is 10.0 Å². The second-order valence-corrected chi connectivity index (χ2v) is 13.3. The van der Waals surface area contributed by atoms with Crippen LogP contribution in [0.3, 0.4) is 0 Å². The van der Waals surface area contributed by atoms with E-state index in [0.717, 1.165) is 52.5 Å². The highest BCUT2D eigenvalue weighted by Gasteiger charge is 2.24. The molecule has 0 amide bonds. The van der Waals surface area contributed by atoms with Crippen molar-refractivity contribution in [1.29, 1.82) is 0 Å². The molecule has 0 radical (unpaired) electrons. The molecular formula is C30H33N9O2S. The Bertz CT molecular complexity index is 1950. The van der Waals surface area contributed by atoms with Gasteiger partial charge in [-0.3, -0.25) is 14.4 Å². The van der Waals surface area contributed by atoms with Crippen molar-refractivity contribution in [2.45, 2.75) is 45.4 Å². The van der Waals surface area contributed by atoms with E-state index in [4.69, 9.17) is 4.98 Å². The Balaban J connectivity index is 1.34. The first kappa shape index (κ1) is 27.6. The summed E-state index contributed by atoms with van der Waals surface area (Å²) in [6.45, 7) is 9.76. The molecule has 1 aromatic carbocycles. The number of hydrogen-bond acceptors (Lipinski definition) is 8. The van der Waals surface area contributed by atoms with Gasteiger partial charge in [-0.05, 0) is 59.4 Å². The first-order valence-corrected chi connectivity index (χ1v) is 15.4. The monoisotopic (exact) mass is 583 g/mol. The van der Waals surface area contributed by atoms with Gasteiger partial charge in [-0.15, -0.1) is 0 Å². The Kier molecular flexibility index (Phi) is 6.80. The van der Waals surface area contributed by atoms with Crippen LogP contribution >= 0.6 is 0 Å². The predicted molar refractivity (Wildman–Crippen MR) is 163 cm³/mol. The van der Waals surface area contributed by atoms with Gasteiger partial charge in [0.25, 0.3) is 5.62 Å². The van der Waals surface area contributed by atoms with Crippen LogP contribution in [-0.4, -0.2) is 44.3 Å². The van der Waals surface area contributed by atoms with Crippen molar-refractivity contribution in [1.82, 2.24) is 29.3 Å². The van der Waals surface area contributed by atoms with Crippen molar-refractivity contribution >= 4 is 27.2 Å². The molecule has 0 saturated carbocycles. The smallest absolute Gasteiger partial charge is 0.251 e. The van der Waals surface area contributed by atoms with Crippen LogP contribution in [0.15, 0.2) is 66.2 Å². The molecule has 5 heterocycles. The van der Waals surface area contributed by atoms with Crippen molar-refractivity contribution in [3.05, 3.63) is 83.6 Å². The molecule has 2 N–H and O–H groups in total. The molecule has 3 aromatic rings. The second-order valence-electron chi connectivity index (χ2n) is 11.6. The number of nitrogens with one attached hydrogen (secondary N) is 2. The number of sulfonamides is 1. The summed E-state index contributed by atoms with van der Waals surface area (Å²) in [5, 5.41) is 7.64. The van der Waals surface area contributed by atoms with Crippen LogP contribution in [0.1, 0.15) is 37.6 Å². The van der Waals surface area contributed by atoms with Gasteiger partial charge in [-0.25, -0.2) is 18.4 Å². The third kappa shape index (κ3) is 5.62. The van der Waals surface area contributed by atoms with E-state index in [1.165, 1.54) is 0 Å². The minimum absolute atomic E-state index is 0.104. The predicted octanol–water partition coefficient (Wildman–Crippen LogP) is 4.38. The molecule has 3 aliphatic rings. The molecule has 0 fully saturated rings. The van der Waals surface area contributed by atoms with Gasteiger partial charge in [-0.1, -0.05) is 26.8 Å². The first-order valence-electron chi connectivity index (χ1n) is 13.7. The minimum Gasteiger partial charge on any atom is -0.369 e. The highest BCUT2D eigenvalue weighted by atomic mass is 32.2. The molecule has 0 atom stereocenters. The van der Waals surface area contributed by atoms with Crippen LogP contribution in [0.5, 0.6) is 0 Å². The summed E-state index contributed by atoms with van der Waals surface area (Å²) >= 11 is 0. The number of rotatable bonds is 6. The van der Waals surface area contributed by atoms with E-state index in [0.29, 0.717) is 22.7 Å². The molecule has 0 saturated heterocycles. The van der Waals surface area contributed by atoms with Crippen LogP contribution in [0.2, 0.25) is 0 Å². The molecule has 6 rings (SSSR count). The molecule has 11 nitrogen and oxygen atoms in total. The zero-order chi connectivity index (χ0) is 29.6. The molecule has 0 bridgehead atoms. The summed E-state index contributed by atoms with van der Waals surface area (Å²) in [5.41, 5.74) is 6.69. The zero-order valence-corrected chi connectivity index (χ0v) is 25.1. The maximum atomic E-state index is 13.2. The van der Waals surface area contributed by atoms with E-state index < -0.39 is 10.0 Å². The van der Waals surface area contributed by atoms with Gasteiger partial charge in [0.05, 0.1) is 18.1 Å². The lowest BCUT2D eigenvalue weighted by Crippen LogP contribution is -2.18. The number of fused-ring (bicyclic) bond motifs is 3. The average molecular weight is 584 g/mol. The minimum atomic E-state index is -3.71. The molecule has 42 heavy (non-hydrogen) atoms. The van der Waals surface area contributed by atoms with Crippen LogP contribution in [-0.2, 0) is 34.8 Å². The Hall–Kier alpha value is -4.58. The SMILES string of the molecule is Cc1ccc(NS(=O)(=O)Cc2cc(C(C)(C)C)ccn2)cc1-c1cc2cnc(=Nc3cnn(C)c3)nc-2n2c1NCC2. The topological polar surface area (TPSA) is 132 Å². The Morgan fingerprint density at radius 3 is 2.67 bits per heavy atom. The van der Waals surface area contributed by atoms with Crippen LogP contribution in [0.25, 0.3) is 22.5 Å². The number of pyridine rings is 2. The van der Waals surface area contributed by atoms with Gasteiger partial charge in [0.15, 0.2) is 0 Å². The lowest BCUT2D eigenvalue weighted by molar-refractivity contribution is 0.586. The van der Waals surface area contributed by atoms with Crippen molar-refractivity contribution in [3.63, 3.8) is 0 Å². The van der Waals surface area contributed by atoms with Crippen molar-refractivity contribution in [3.8, 4) is 22.5 Å². The standard InChI is InChI=1S/C30H33N9O2S/c1-19-6-7-22(37-42(40,41)18-23-13-21(8-9-31-23)30(2,3)4)14-25(19)26-12-20-15-33-29(35-24-16-34-38(5)17-24)36-27(20)39-11-10-32-28(26)39/h6-9,12-17,32,37H,10-11,18H2,1-5H3. The van der Waals surface area contributed by atoms with Gasteiger partial charge >= 0.3 is 0 Å². The summed E-state index contributed by atoms with van der Waals surface area (Å²) in [6, 6.07) is 11.4. The van der Waals surface area contributed by atoms with E-state index in [-0.39, 0.29) is 11.2 Å². The molecule has 12 heteroatoms. The number of hydrogen-bond donors (Lipinski definition) is 2. The number of benzene rings is 1. The maximum absolute atomic E-state index is 13.2. The number of nitrogens with zero attached hydrogens (tertiary/aromatic N) is 7. The van der Waals surface area contributed by atoms with Gasteiger partial charge in [-0.2, -0.15) is 10.1 Å². The zero-order valence-electron chi connectivity index (χ0n) is 24.3. The highest BCUT2D eigenvalue weighted by Crippen LogP contribution is 2.39. The summed E-state index contributed by atoms with van der Waals surface area (Å²) in [5.74, 6) is 1.47. The molecule has 216 valence electrons. The number of aryl methyl sites for hydroxylation is 2. The summed E-state index contributed by atoms with van der Waals surface area (Å²) < 4.78 is 32.9. The fraction of sp³-hybridized carbons (Fsp3) is 0.300. The number of aromatic nitrogens is 6. The largest absolute Gasteiger partial charge is 0.369 e. The fourth-order valence-corrected chi connectivity index (χ4v) is 6.22. The Labute approximate surface area is 244 Å². The van der Waals surface area contributed by atoms with E-state index in [9.17, 15) is 8.42 Å². The fourth-order valence-electron chi connectivity index (χ4n) is 5.11. The Morgan fingerprint density at radius 1 is 1.07 bits per heavy atom. The normalized spacial score (nSPS) is 13.8. The third-order valence-corrected chi connectivity index (χ3v) is 8.46. The average Bonchev–Trinajstić information content (AvgIpc) is 3.58. The van der Waals surface area contributed by atoms with E-state index in [2.05, 4.69) is 55.4 Å². The Morgan fingerprint density at radius 2 is 1.90 bits per heavy atom. The van der Waals surface area contributed by atoms with E-state index >= 15 is 0 Å². The number of anilines is 2. The van der Waals surface area contributed by atoms with E-state index in [1.54, 1.807) is 35.5 Å². The van der Waals surface area contributed by atoms with Crippen molar-refractivity contribution in [2.24, 2.45) is 12.0 Å². The van der Waals surface area contributed by atoms with Crippen molar-refractivity contribution in [2.75, 3.05) is 16.6 Å². The van der Waals surface area contributed by atoms with Gasteiger partial charge < -0.3 is 9.88 Å². The molecule has 0 unspecified atom stereocenters. The quantitative estimate of drug-likeness (QED) is 0.303. The molecule has 3 aliphatic heterocycles. The lowest BCUT2D eigenvalue weighted by Gasteiger charge is -2.20.